The number of hydrogen-bond donors (Lipinski definition) is 1. The van der Waals surface area contributed by atoms with E-state index < -0.39 is 21.9 Å². The number of hydrogen-bond acceptors (Lipinski definition) is 8. The number of ether oxygens (including phenoxy) is 3. The fourth-order valence-corrected chi connectivity index (χ4v) is 5.14. The van der Waals surface area contributed by atoms with E-state index in [1.54, 1.807) is 41.2 Å². The topological polar surface area (TPSA) is 124 Å². The number of pyridine rings is 1. The first-order chi connectivity index (χ1) is 16.3. The van der Waals surface area contributed by atoms with Crippen LogP contribution in [0.1, 0.15) is 40.5 Å². The van der Waals surface area contributed by atoms with Crippen LogP contribution in [0.5, 0.6) is 11.5 Å². The van der Waals surface area contributed by atoms with Crippen molar-refractivity contribution in [3.63, 3.8) is 0 Å². The SMILES string of the molecule is COc1cc2nccc(N3CCC(C(C)CN(C(=O)OC(C)(C)C)S(N)(=O)=O)CC3)c2cc1OC. The van der Waals surface area contributed by atoms with Gasteiger partial charge in [0.05, 0.1) is 19.7 Å². The van der Waals surface area contributed by atoms with Crippen molar-refractivity contribution in [2.75, 3.05) is 38.8 Å². The maximum Gasteiger partial charge on any atom is 0.425 e. The third-order valence-electron chi connectivity index (χ3n) is 6.27. The normalized spacial score (nSPS) is 16.1. The largest absolute Gasteiger partial charge is 0.493 e. The summed E-state index contributed by atoms with van der Waals surface area (Å²) >= 11 is 0. The predicted molar refractivity (Wildman–Crippen MR) is 135 cm³/mol. The predicted octanol–water partition coefficient (Wildman–Crippen LogP) is 3.55. The lowest BCUT2D eigenvalue weighted by atomic mass is 9.85. The smallest absolute Gasteiger partial charge is 0.425 e. The number of benzene rings is 1. The molecule has 0 bridgehead atoms. The molecule has 0 radical (unpaired) electrons. The average Bonchev–Trinajstić information content (AvgIpc) is 2.79. The molecule has 1 fully saturated rings. The molecule has 2 N–H and O–H groups in total. The Hall–Kier alpha value is -2.79. The van der Waals surface area contributed by atoms with Gasteiger partial charge in [0.25, 0.3) is 0 Å². The molecule has 10 nitrogen and oxygen atoms in total. The molecule has 0 saturated carbocycles. The number of nitrogens with zero attached hydrogens (tertiary/aromatic N) is 3. The standard InChI is InChI=1S/C24H36N4O6S/c1-16(15-28(35(25,30)31)23(29)34-24(2,3)4)17-8-11-27(12-9-17)20-7-10-26-19-14-22(33-6)21(32-5)13-18(19)20/h7,10,13-14,16-17H,8-9,11-12,15H2,1-6H3,(H2,25,30,31). The van der Waals surface area contributed by atoms with Crippen LogP contribution in [0.15, 0.2) is 24.4 Å². The van der Waals surface area contributed by atoms with Gasteiger partial charge in [-0.05, 0) is 57.6 Å². The second-order valence-electron chi connectivity index (χ2n) is 9.91. The van der Waals surface area contributed by atoms with E-state index in [0.717, 1.165) is 42.5 Å². The van der Waals surface area contributed by atoms with Crippen molar-refractivity contribution in [3.05, 3.63) is 24.4 Å². The quantitative estimate of drug-likeness (QED) is 0.602. The molecule has 3 rings (SSSR count). The monoisotopic (exact) mass is 508 g/mol. The molecule has 194 valence electrons. The molecule has 1 atom stereocenters. The molecule has 2 aromatic rings. The zero-order chi connectivity index (χ0) is 26.0. The first-order valence-corrected chi connectivity index (χ1v) is 13.1. The third-order valence-corrected chi connectivity index (χ3v) is 7.18. The molecule has 1 amide bonds. The Morgan fingerprint density at radius 2 is 1.80 bits per heavy atom. The Labute approximate surface area is 207 Å². The van der Waals surface area contributed by atoms with Gasteiger partial charge < -0.3 is 19.1 Å². The summed E-state index contributed by atoms with van der Waals surface area (Å²) in [6, 6.07) is 5.80. The average molecular weight is 509 g/mol. The molecular formula is C24H36N4O6S. The van der Waals surface area contributed by atoms with Crippen molar-refractivity contribution >= 4 is 32.9 Å². The van der Waals surface area contributed by atoms with Crippen molar-refractivity contribution in [2.45, 2.75) is 46.1 Å². The second-order valence-corrected chi connectivity index (χ2v) is 11.4. The molecule has 35 heavy (non-hydrogen) atoms. The molecule has 1 aromatic heterocycles. The lowest BCUT2D eigenvalue weighted by Gasteiger charge is -2.37. The van der Waals surface area contributed by atoms with Gasteiger partial charge in [-0.15, -0.1) is 0 Å². The number of nitrogens with two attached hydrogens (primary N) is 1. The summed E-state index contributed by atoms with van der Waals surface area (Å²) in [5.41, 5.74) is 1.05. The summed E-state index contributed by atoms with van der Waals surface area (Å²) in [7, 11) is -1.04. The van der Waals surface area contributed by atoms with Crippen molar-refractivity contribution in [2.24, 2.45) is 17.0 Å². The van der Waals surface area contributed by atoms with Gasteiger partial charge in [0.2, 0.25) is 0 Å². The zero-order valence-electron chi connectivity index (χ0n) is 21.3. The Kier molecular flexibility index (Phi) is 8.00. The fraction of sp³-hybridized carbons (Fsp3) is 0.583. The van der Waals surface area contributed by atoms with Crippen LogP contribution >= 0.6 is 0 Å². The van der Waals surface area contributed by atoms with Gasteiger partial charge in [0, 0.05) is 43.0 Å². The van der Waals surface area contributed by atoms with Crippen LogP contribution in [0, 0.1) is 11.8 Å². The van der Waals surface area contributed by atoms with E-state index in [4.69, 9.17) is 19.3 Å². The fourth-order valence-electron chi connectivity index (χ4n) is 4.45. The van der Waals surface area contributed by atoms with Crippen LogP contribution < -0.4 is 19.5 Å². The van der Waals surface area contributed by atoms with Gasteiger partial charge in [-0.2, -0.15) is 12.7 Å². The molecule has 1 unspecified atom stereocenters. The number of fused-ring (bicyclic) bond motifs is 1. The number of carbonyl (C=O) groups is 1. The zero-order valence-corrected chi connectivity index (χ0v) is 22.1. The van der Waals surface area contributed by atoms with E-state index in [2.05, 4.69) is 9.88 Å². The second kappa shape index (κ2) is 10.4. The van der Waals surface area contributed by atoms with E-state index in [-0.39, 0.29) is 18.4 Å². The maximum atomic E-state index is 12.5. The first kappa shape index (κ1) is 26.8. The Bertz CT molecular complexity index is 1160. The van der Waals surface area contributed by atoms with Gasteiger partial charge in [0.1, 0.15) is 5.60 Å². The highest BCUT2D eigenvalue weighted by atomic mass is 32.2. The van der Waals surface area contributed by atoms with Crippen LogP contribution in [0.25, 0.3) is 10.9 Å². The van der Waals surface area contributed by atoms with Crippen LogP contribution in [-0.2, 0) is 14.9 Å². The first-order valence-electron chi connectivity index (χ1n) is 11.6. The summed E-state index contributed by atoms with van der Waals surface area (Å²) in [5, 5.41) is 6.31. The number of anilines is 1. The molecule has 1 aliphatic rings. The highest BCUT2D eigenvalue weighted by Crippen LogP contribution is 2.37. The summed E-state index contributed by atoms with van der Waals surface area (Å²) in [6.07, 6.45) is 2.51. The summed E-state index contributed by atoms with van der Waals surface area (Å²) < 4.78 is 41.0. The van der Waals surface area contributed by atoms with Crippen LogP contribution in [0.4, 0.5) is 10.5 Å². The van der Waals surface area contributed by atoms with Crippen LogP contribution in [0.3, 0.4) is 0 Å². The summed E-state index contributed by atoms with van der Waals surface area (Å²) in [5.74, 6) is 1.41. The minimum Gasteiger partial charge on any atom is -0.493 e. The maximum absolute atomic E-state index is 12.5. The minimum absolute atomic E-state index is 0.0202. The molecule has 1 aliphatic heterocycles. The van der Waals surface area contributed by atoms with Gasteiger partial charge in [-0.1, -0.05) is 6.92 Å². The number of carbonyl (C=O) groups excluding carboxylic acids is 1. The van der Waals surface area contributed by atoms with Crippen molar-refractivity contribution < 1.29 is 27.4 Å². The highest BCUT2D eigenvalue weighted by Gasteiger charge is 2.34. The Morgan fingerprint density at radius 1 is 1.20 bits per heavy atom. The number of rotatable bonds is 7. The van der Waals surface area contributed by atoms with E-state index in [9.17, 15) is 13.2 Å². The molecule has 2 heterocycles. The number of amides is 1. The lowest BCUT2D eigenvalue weighted by Crippen LogP contribution is -2.47. The number of piperidine rings is 1. The van der Waals surface area contributed by atoms with Crippen molar-refractivity contribution in [3.8, 4) is 11.5 Å². The van der Waals surface area contributed by atoms with E-state index >= 15 is 0 Å². The molecule has 1 saturated heterocycles. The van der Waals surface area contributed by atoms with Gasteiger partial charge >= 0.3 is 16.3 Å². The molecular weight excluding hydrogens is 472 g/mol. The molecule has 0 aliphatic carbocycles. The lowest BCUT2D eigenvalue weighted by molar-refractivity contribution is 0.0361. The Morgan fingerprint density at radius 3 is 2.34 bits per heavy atom. The van der Waals surface area contributed by atoms with Gasteiger partial charge in [0.15, 0.2) is 11.5 Å². The van der Waals surface area contributed by atoms with E-state index in [1.807, 2.05) is 25.1 Å². The van der Waals surface area contributed by atoms with E-state index in [1.165, 1.54) is 0 Å². The van der Waals surface area contributed by atoms with Crippen molar-refractivity contribution in [1.82, 2.24) is 9.29 Å². The molecule has 0 spiro atoms. The summed E-state index contributed by atoms with van der Waals surface area (Å²) in [4.78, 5) is 19.3. The molecule has 1 aromatic carbocycles. The number of aromatic nitrogens is 1. The van der Waals surface area contributed by atoms with E-state index in [0.29, 0.717) is 15.8 Å². The number of methoxy groups -OCH3 is 2. The van der Waals surface area contributed by atoms with Crippen LogP contribution in [0.2, 0.25) is 0 Å². The molecule has 11 heteroatoms. The minimum atomic E-state index is -4.24. The van der Waals surface area contributed by atoms with Crippen LogP contribution in [-0.4, -0.2) is 63.3 Å². The third kappa shape index (κ3) is 6.46. The highest BCUT2D eigenvalue weighted by molar-refractivity contribution is 7.87. The van der Waals surface area contributed by atoms with Gasteiger partial charge in [-0.3, -0.25) is 4.98 Å². The Balaban J connectivity index is 1.72. The van der Waals surface area contributed by atoms with Gasteiger partial charge in [-0.25, -0.2) is 9.93 Å². The van der Waals surface area contributed by atoms with Crippen molar-refractivity contribution in [1.29, 1.82) is 0 Å². The summed E-state index contributed by atoms with van der Waals surface area (Å²) in [6.45, 7) is 8.53.